The van der Waals surface area contributed by atoms with Gasteiger partial charge in [-0.3, -0.25) is 28.8 Å². The van der Waals surface area contributed by atoms with Crippen molar-refractivity contribution < 1.29 is 86.5 Å². The second-order valence-electron chi connectivity index (χ2n) is 28.0. The molecule has 2 aromatic carbocycles. The lowest BCUT2D eigenvalue weighted by Crippen LogP contribution is -2.64. The van der Waals surface area contributed by atoms with Crippen LogP contribution in [0.4, 0.5) is 20.5 Å². The molecule has 6 heterocycles. The number of aliphatic hydroxyl groups excluding tert-OH is 2. The summed E-state index contributed by atoms with van der Waals surface area (Å²) in [5.74, 6) is -11.7. The van der Waals surface area contributed by atoms with E-state index in [-0.39, 0.29) is 141 Å². The van der Waals surface area contributed by atoms with Gasteiger partial charge in [-0.15, -0.1) is 0 Å². The minimum Gasteiger partial charge on any atom is -0.507 e. The van der Waals surface area contributed by atoms with Crippen LogP contribution < -0.4 is 10.2 Å². The van der Waals surface area contributed by atoms with Crippen LogP contribution in [0, 0.1) is 41.2 Å². The zero-order chi connectivity index (χ0) is 72.4. The first-order valence-corrected chi connectivity index (χ1v) is 35.5. The van der Waals surface area contributed by atoms with Crippen molar-refractivity contribution in [3.05, 3.63) is 76.9 Å². The Balaban J connectivity index is 0.887. The first-order valence-electron chi connectivity index (χ1n) is 35.1. The van der Waals surface area contributed by atoms with Crippen LogP contribution in [0.25, 0.3) is 22.0 Å². The average Bonchev–Trinajstić information content (AvgIpc) is 0.761. The number of anilines is 2. The topological polar surface area (TPSA) is 301 Å². The number of amides is 4. The lowest BCUT2D eigenvalue weighted by Gasteiger charge is -2.47. The minimum absolute atomic E-state index is 0.0163. The van der Waals surface area contributed by atoms with E-state index in [1.54, 1.807) is 35.5 Å². The number of fused-ring (bicyclic) bond motifs is 4. The molecule has 0 unspecified atom stereocenters. The number of Topliss-reactive ketones (excluding diaryl/α,β-unsaturated/α-hetero) is 2. The summed E-state index contributed by atoms with van der Waals surface area (Å²) in [6, 6.07) is 3.73. The number of halogens is 3. The minimum atomic E-state index is -2.61. The highest BCUT2D eigenvalue weighted by Crippen LogP contribution is 2.44. The van der Waals surface area contributed by atoms with Crippen molar-refractivity contribution in [3.63, 3.8) is 0 Å². The number of nitrogens with zero attached hydrogens (tertiary/aromatic N) is 7. The number of methoxy groups -OCH3 is 3. The maximum absolute atomic E-state index is 16.8. The molecule has 24 nitrogen and oxygen atoms in total. The van der Waals surface area contributed by atoms with Gasteiger partial charge in [0.2, 0.25) is 29.5 Å². The van der Waals surface area contributed by atoms with E-state index in [4.69, 9.17) is 40.3 Å². The van der Waals surface area contributed by atoms with Gasteiger partial charge in [0.25, 0.3) is 11.7 Å². The molecule has 1 aliphatic carbocycles. The SMILES string of the molecule is C=CC(=O)N1CCN(c2nc(NCCC(=O)N3CCN(C(=O)CCC[C@@H]4/C=C(\C)C[C@H](C)C[C@H](OC)[C@H]5O[C@@](O)(C(=O)C(=O)N6CCCC[C@H]6C(=O)O[C@H](/C(C)=C/[C@@H]6CC[C@@H](O)[C@H](OC)C6)[C@H](C)[C@@H](O)CC4=O)[C@H](C)C[C@@H]5OC)CC3)nc3c(F)c(-c4c(O)cccc4F)c(Cl)cc23)CC1. The molecule has 5 aliphatic heterocycles. The fourth-order valence-corrected chi connectivity index (χ4v) is 15.6. The van der Waals surface area contributed by atoms with E-state index in [0.29, 0.717) is 83.1 Å². The summed E-state index contributed by atoms with van der Waals surface area (Å²) in [7, 11) is 4.51. The molecule has 1 aromatic heterocycles. The number of esters is 1. The molecule has 0 radical (unpaired) electrons. The van der Waals surface area contributed by atoms with Crippen LogP contribution in [0.3, 0.4) is 0 Å². The quantitative estimate of drug-likeness (QED) is 0.0401. The number of phenols is 1. The Kier molecular flexibility index (Phi) is 26.4. The molecule has 9 rings (SSSR count). The number of rotatable bonds is 16. The number of aromatic nitrogens is 2. The van der Waals surface area contributed by atoms with Crippen molar-refractivity contribution in [3.8, 4) is 16.9 Å². The molecule has 5 N–H and O–H groups in total. The third kappa shape index (κ3) is 17.7. The van der Waals surface area contributed by atoms with Gasteiger partial charge in [-0.1, -0.05) is 62.7 Å². The molecule has 4 saturated heterocycles. The fraction of sp³-hybridized carbons (Fsp3) is 0.630. The Hall–Kier alpha value is -7.04. The fourth-order valence-electron chi connectivity index (χ4n) is 15.3. The molecule has 0 spiro atoms. The summed E-state index contributed by atoms with van der Waals surface area (Å²) in [4.78, 5) is 116. The molecule has 2 bridgehead atoms. The van der Waals surface area contributed by atoms with Gasteiger partial charge in [0.1, 0.15) is 46.9 Å². The normalized spacial score (nSPS) is 30.3. The van der Waals surface area contributed by atoms with Gasteiger partial charge < -0.3 is 73.9 Å². The van der Waals surface area contributed by atoms with Gasteiger partial charge in [-0.05, 0) is 126 Å². The largest absolute Gasteiger partial charge is 0.507 e. The molecule has 14 atom stereocenters. The molecule has 3 aromatic rings. The predicted octanol–water partition coefficient (Wildman–Crippen LogP) is 7.49. The molecular weight excluding hydrogens is 1320 g/mol. The molecule has 27 heteroatoms. The lowest BCUT2D eigenvalue weighted by atomic mass is 9.81. The first-order chi connectivity index (χ1) is 47.7. The van der Waals surface area contributed by atoms with Crippen molar-refractivity contribution in [2.75, 3.05) is 97.0 Å². The number of aromatic hydroxyl groups is 1. The van der Waals surface area contributed by atoms with E-state index in [1.165, 1.54) is 45.6 Å². The Morgan fingerprint density at radius 3 is 2.14 bits per heavy atom. The number of carbonyl (C=O) groups is 7. The highest BCUT2D eigenvalue weighted by molar-refractivity contribution is 6.39. The smallest absolute Gasteiger partial charge is 0.329 e. The molecule has 100 heavy (non-hydrogen) atoms. The lowest BCUT2D eigenvalue weighted by molar-refractivity contribution is -0.302. The number of ketones is 2. The van der Waals surface area contributed by atoms with Gasteiger partial charge >= 0.3 is 5.97 Å². The summed E-state index contributed by atoms with van der Waals surface area (Å²) >= 11 is 6.65. The van der Waals surface area contributed by atoms with Crippen molar-refractivity contribution in [2.24, 2.45) is 29.6 Å². The van der Waals surface area contributed by atoms with Crippen molar-refractivity contribution in [1.82, 2.24) is 29.6 Å². The molecule has 6 aliphatic rings. The maximum Gasteiger partial charge on any atom is 0.329 e. The van der Waals surface area contributed by atoms with E-state index in [0.717, 1.165) is 16.5 Å². The number of benzene rings is 2. The van der Waals surface area contributed by atoms with Crippen LogP contribution in [0.5, 0.6) is 5.75 Å². The maximum atomic E-state index is 16.8. The van der Waals surface area contributed by atoms with E-state index in [9.17, 15) is 54.0 Å². The van der Waals surface area contributed by atoms with Crippen LogP contribution in [0.15, 0.2) is 60.2 Å². The number of nitrogens with one attached hydrogen (secondary N) is 1. The third-order valence-corrected chi connectivity index (χ3v) is 21.4. The Morgan fingerprint density at radius 1 is 0.820 bits per heavy atom. The van der Waals surface area contributed by atoms with Gasteiger partial charge in [0, 0.05) is 135 Å². The zero-order valence-corrected chi connectivity index (χ0v) is 59.4. The van der Waals surface area contributed by atoms with Crippen LogP contribution in [0.2, 0.25) is 5.02 Å². The predicted molar refractivity (Wildman–Crippen MR) is 368 cm³/mol. The van der Waals surface area contributed by atoms with Crippen LogP contribution >= 0.6 is 11.6 Å². The molecule has 548 valence electrons. The van der Waals surface area contributed by atoms with Crippen LogP contribution in [-0.2, 0) is 57.2 Å². The number of allylic oxidation sites excluding steroid dienone is 3. The number of aliphatic hydroxyl groups is 3. The molecule has 1 saturated carbocycles. The number of hydrogen-bond donors (Lipinski definition) is 5. The number of carbonyl (C=O) groups excluding carboxylic acids is 7. The number of phenolic OH excluding ortho intramolecular Hbond substituents is 1. The van der Waals surface area contributed by atoms with E-state index in [2.05, 4.69) is 16.9 Å². The molecular formula is C73H99ClF2N8O16. The van der Waals surface area contributed by atoms with Gasteiger partial charge in [-0.25, -0.2) is 18.6 Å². The second-order valence-corrected chi connectivity index (χ2v) is 28.4. The van der Waals surface area contributed by atoms with Crippen LogP contribution in [0.1, 0.15) is 125 Å². The number of ether oxygens (including phenoxy) is 5. The first kappa shape index (κ1) is 77.1. The summed E-state index contributed by atoms with van der Waals surface area (Å²) < 4.78 is 62.3. The highest BCUT2D eigenvalue weighted by atomic mass is 35.5. The van der Waals surface area contributed by atoms with Gasteiger partial charge in [-0.2, -0.15) is 4.98 Å². The van der Waals surface area contributed by atoms with Crippen molar-refractivity contribution in [1.29, 1.82) is 0 Å². The second kappa shape index (κ2) is 34.3. The summed E-state index contributed by atoms with van der Waals surface area (Å²) in [5.41, 5.74) is 0.338. The molecule has 4 amide bonds. The van der Waals surface area contributed by atoms with Gasteiger partial charge in [0.05, 0.1) is 41.1 Å². The highest BCUT2D eigenvalue weighted by Gasteiger charge is 2.57. The number of piperazine rings is 2. The molecule has 5 fully saturated rings. The summed E-state index contributed by atoms with van der Waals surface area (Å²) in [6.07, 6.45) is 2.88. The van der Waals surface area contributed by atoms with E-state index in [1.807, 2.05) is 30.9 Å². The number of cyclic esters (lactones) is 1. The Labute approximate surface area is 588 Å². The number of hydrogen-bond acceptors (Lipinski definition) is 20. The Bertz CT molecular complexity index is 3530. The number of piperidine rings is 1. The summed E-state index contributed by atoms with van der Waals surface area (Å²) in [6.45, 7) is 14.7. The third-order valence-electron chi connectivity index (χ3n) is 21.1. The van der Waals surface area contributed by atoms with Crippen LogP contribution in [-0.4, -0.2) is 232 Å². The van der Waals surface area contributed by atoms with E-state index < -0.39 is 118 Å². The zero-order valence-electron chi connectivity index (χ0n) is 58.7. The standard InChI is InChI=1S/C73H99ClF2N8O16/c1-10-59(89)80-29-31-83(32-30-80)69-48-39-49(74)62(63-50(75)16-14-18-53(63)86)64(76)65(48)78-72(79-69)77-23-22-61(91)82-27-25-81(26-28-82)60(90)19-13-15-47-34-41(2)33-42(3)35-57(97-8)67-58(98-9)37-44(5)73(95,100-67)68(92)70(93)84-24-12-11-17-51(84)71(94)99-66(45(6)54(87)40-55(47)88)43(4)36-46-20-21-52(85)56(38-46)96-7/h10,14,16,18,34,36,39,42,44-47,51-52,54,56-58,66-67,85-87,95H,1,11-13,15,17,19-33,35,37-38,40H2,2-9H3,(H,77,78,79)/b41-34+,43-36+/t42-,44+,45+,46-,47+,51-,52+,54-,56+,57-,58-,66+,67+,73+/m0/s1. The summed E-state index contributed by atoms with van der Waals surface area (Å²) in [5, 5.41) is 48.9. The van der Waals surface area contributed by atoms with Crippen molar-refractivity contribution in [2.45, 2.75) is 179 Å². The Morgan fingerprint density at radius 2 is 1.48 bits per heavy atom. The monoisotopic (exact) mass is 1420 g/mol. The van der Waals surface area contributed by atoms with Gasteiger partial charge in [0.15, 0.2) is 5.82 Å². The average molecular weight is 1420 g/mol. The van der Waals surface area contributed by atoms with E-state index >= 15 is 8.78 Å². The van der Waals surface area contributed by atoms with Crippen molar-refractivity contribution >= 4 is 75.4 Å².